The fourth-order valence-corrected chi connectivity index (χ4v) is 8.93. The first-order chi connectivity index (χ1) is 31.7. The summed E-state index contributed by atoms with van der Waals surface area (Å²) >= 11 is 0. The summed E-state index contributed by atoms with van der Waals surface area (Å²) in [4.78, 5) is 92.5. The number of nitrogens with zero attached hydrogens (tertiary/aromatic N) is 6. The molecule has 2 aromatic heterocycles. The van der Waals surface area contributed by atoms with Crippen molar-refractivity contribution in [3.8, 4) is 22.7 Å². The number of aryl methyl sites for hydroxylation is 1. The van der Waals surface area contributed by atoms with E-state index in [1.807, 2.05) is 27.7 Å². The number of hydrogen-bond acceptors (Lipinski definition) is 11. The maximum atomic E-state index is 16.2. The summed E-state index contributed by atoms with van der Waals surface area (Å²) in [7, 11) is 0. The molecular weight excluding hydrogens is 867 g/mol. The smallest absolute Gasteiger partial charge is 0.355 e. The van der Waals surface area contributed by atoms with E-state index < -0.39 is 63.8 Å². The van der Waals surface area contributed by atoms with Crippen molar-refractivity contribution in [2.45, 2.75) is 117 Å². The monoisotopic (exact) mass is 926 g/mol. The van der Waals surface area contributed by atoms with E-state index in [9.17, 15) is 39.0 Å². The van der Waals surface area contributed by atoms with Crippen molar-refractivity contribution in [1.29, 1.82) is 0 Å². The van der Waals surface area contributed by atoms with Crippen LogP contribution >= 0.6 is 0 Å². The van der Waals surface area contributed by atoms with Crippen molar-refractivity contribution < 1.29 is 43.0 Å². The van der Waals surface area contributed by atoms with Gasteiger partial charge in [-0.2, -0.15) is 4.98 Å². The number of aromatic hydroxyl groups is 1. The number of amides is 4. The van der Waals surface area contributed by atoms with Gasteiger partial charge < -0.3 is 35.5 Å². The van der Waals surface area contributed by atoms with Gasteiger partial charge >= 0.3 is 5.69 Å². The van der Waals surface area contributed by atoms with Crippen LogP contribution in [0.2, 0.25) is 0 Å². The summed E-state index contributed by atoms with van der Waals surface area (Å²) in [5, 5.41) is 26.7. The Balaban J connectivity index is 1.15. The number of pyridine rings is 1. The first-order valence-corrected chi connectivity index (χ1v) is 22.6. The average Bonchev–Trinajstić information content (AvgIpc) is 3.67. The number of β-amino-alcohol motifs (C(OH)–C–C–N with tert-alkyl or cyclic N) is 1. The largest absolute Gasteiger partial charge is 0.507 e. The molecule has 0 saturated carbocycles. The van der Waals surface area contributed by atoms with Crippen LogP contribution in [0.4, 0.5) is 14.6 Å². The molecule has 4 amide bonds. The van der Waals surface area contributed by atoms with Crippen molar-refractivity contribution in [3.63, 3.8) is 0 Å². The van der Waals surface area contributed by atoms with Crippen LogP contribution in [-0.2, 0) is 30.5 Å². The fraction of sp³-hybridized carbons (Fsp3) is 0.469. The van der Waals surface area contributed by atoms with Gasteiger partial charge in [0, 0.05) is 58.0 Å². The van der Waals surface area contributed by atoms with E-state index in [1.165, 1.54) is 34.6 Å². The van der Waals surface area contributed by atoms with Crippen LogP contribution in [0.25, 0.3) is 28.0 Å². The second-order valence-electron chi connectivity index (χ2n) is 18.6. The van der Waals surface area contributed by atoms with Crippen LogP contribution in [0.1, 0.15) is 90.7 Å². The highest BCUT2D eigenvalue weighted by atomic mass is 19.1. The molecule has 16 nitrogen and oxygen atoms in total. The number of likely N-dealkylation sites (tertiary alicyclic amines) is 1. The number of nitrogens with one attached hydrogen (secondary N) is 2. The summed E-state index contributed by atoms with van der Waals surface area (Å²) in [5.41, 5.74) is -1.12. The van der Waals surface area contributed by atoms with Gasteiger partial charge in [0.1, 0.15) is 29.1 Å². The zero-order valence-corrected chi connectivity index (χ0v) is 38.9. The van der Waals surface area contributed by atoms with Crippen molar-refractivity contribution in [2.75, 3.05) is 31.1 Å². The van der Waals surface area contributed by atoms with E-state index in [0.717, 1.165) is 12.1 Å². The number of halogens is 2. The Kier molecular flexibility index (Phi) is 15.6. The van der Waals surface area contributed by atoms with Gasteiger partial charge in [-0.15, -0.1) is 0 Å². The maximum absolute atomic E-state index is 16.2. The highest BCUT2D eigenvalue weighted by Crippen LogP contribution is 2.37. The Morgan fingerprint density at radius 2 is 1.64 bits per heavy atom. The highest BCUT2D eigenvalue weighted by Gasteiger charge is 2.43. The molecule has 4 aromatic rings. The molecular formula is C49H60F2N8O8. The van der Waals surface area contributed by atoms with Crippen LogP contribution in [0, 0.1) is 24.0 Å². The van der Waals surface area contributed by atoms with Gasteiger partial charge in [0.15, 0.2) is 17.2 Å². The van der Waals surface area contributed by atoms with E-state index in [0.29, 0.717) is 42.5 Å². The molecule has 2 fully saturated rings. The lowest BCUT2D eigenvalue weighted by Crippen LogP contribution is -2.56. The SMILES string of the molecule is C=CC(=O)N1CCN(c2nc(=O)n(-c3c(C)cccc3CNC(=O)CCCCCCC(=O)N[C@H](C(=O)N3C[C@H](O)C[C@H]3C(C)=O)C(C)(C)C)c3nc(-c4c(O)cccc4F)c(F)cc23)[C@@H](C)C1. The normalized spacial score (nSPS) is 17.9. The molecule has 0 radical (unpaired) electrons. The molecule has 0 aliphatic carbocycles. The van der Waals surface area contributed by atoms with Gasteiger partial charge in [0.2, 0.25) is 23.6 Å². The minimum Gasteiger partial charge on any atom is -0.507 e. The van der Waals surface area contributed by atoms with Gasteiger partial charge in [-0.25, -0.2) is 23.1 Å². The number of benzene rings is 2. The predicted molar refractivity (Wildman–Crippen MR) is 248 cm³/mol. The number of fused-ring (bicyclic) bond motifs is 1. The van der Waals surface area contributed by atoms with E-state index in [2.05, 4.69) is 27.2 Å². The van der Waals surface area contributed by atoms with Gasteiger partial charge in [-0.1, -0.05) is 64.5 Å². The first-order valence-electron chi connectivity index (χ1n) is 22.6. The second kappa shape index (κ2) is 20.9. The molecule has 2 aliphatic heterocycles. The molecule has 0 bridgehead atoms. The third-order valence-corrected chi connectivity index (χ3v) is 12.4. The van der Waals surface area contributed by atoms with Gasteiger partial charge in [0.25, 0.3) is 0 Å². The third-order valence-electron chi connectivity index (χ3n) is 12.4. The van der Waals surface area contributed by atoms with Crippen LogP contribution in [0.5, 0.6) is 5.75 Å². The molecule has 2 saturated heterocycles. The molecule has 2 aromatic carbocycles. The maximum Gasteiger partial charge on any atom is 0.355 e. The van der Waals surface area contributed by atoms with E-state index in [1.54, 1.807) is 34.9 Å². The van der Waals surface area contributed by atoms with Crippen molar-refractivity contribution in [2.24, 2.45) is 5.41 Å². The molecule has 0 spiro atoms. The number of carbonyl (C=O) groups excluding carboxylic acids is 5. The number of anilines is 1. The molecule has 2 aliphatic rings. The zero-order valence-electron chi connectivity index (χ0n) is 38.9. The number of Topliss-reactive ketones (excluding diaryl/α,β-unsaturated/α-hetero) is 1. The molecule has 358 valence electrons. The number of phenolic OH excluding ortho intramolecular Hbond substituents is 1. The molecule has 67 heavy (non-hydrogen) atoms. The molecule has 18 heteroatoms. The lowest BCUT2D eigenvalue weighted by molar-refractivity contribution is -0.143. The number of aliphatic hydroxyl groups is 1. The number of carbonyl (C=O) groups is 5. The molecule has 4 atom stereocenters. The van der Waals surface area contributed by atoms with E-state index >= 15 is 8.78 Å². The van der Waals surface area contributed by atoms with Crippen LogP contribution in [-0.4, -0.2) is 114 Å². The molecule has 6 rings (SSSR count). The topological polar surface area (TPSA) is 207 Å². The van der Waals surface area contributed by atoms with E-state index in [4.69, 9.17) is 0 Å². The quantitative estimate of drug-likeness (QED) is 0.0869. The lowest BCUT2D eigenvalue weighted by Gasteiger charge is -2.40. The minimum atomic E-state index is -0.972. The Labute approximate surface area is 388 Å². The Morgan fingerprint density at radius 3 is 2.28 bits per heavy atom. The molecule has 4 N–H and O–H groups in total. The Hall–Kier alpha value is -6.56. The number of rotatable bonds is 16. The van der Waals surface area contributed by atoms with Gasteiger partial charge in [0.05, 0.1) is 28.8 Å². The van der Waals surface area contributed by atoms with Gasteiger partial charge in [-0.05, 0) is 74.4 Å². The van der Waals surface area contributed by atoms with Crippen LogP contribution < -0.4 is 21.2 Å². The number of piperazine rings is 1. The summed E-state index contributed by atoms with van der Waals surface area (Å²) in [6.45, 7) is 14.8. The number of ketones is 1. The first kappa shape index (κ1) is 49.9. The Morgan fingerprint density at radius 1 is 0.955 bits per heavy atom. The third kappa shape index (κ3) is 11.2. The summed E-state index contributed by atoms with van der Waals surface area (Å²) in [6, 6.07) is 7.88. The van der Waals surface area contributed by atoms with Crippen LogP contribution in [0.3, 0.4) is 0 Å². The van der Waals surface area contributed by atoms with Crippen LogP contribution in [0.15, 0.2) is 59.9 Å². The summed E-state index contributed by atoms with van der Waals surface area (Å²) in [5.74, 6) is -3.81. The zero-order chi connectivity index (χ0) is 48.9. The minimum absolute atomic E-state index is 0.0125. The second-order valence-corrected chi connectivity index (χ2v) is 18.6. The summed E-state index contributed by atoms with van der Waals surface area (Å²) < 4.78 is 32.7. The summed E-state index contributed by atoms with van der Waals surface area (Å²) in [6.07, 6.45) is 3.22. The number of para-hydroxylation sites is 1. The standard InChI is InChI=1S/C49H60F2N8O8/c1-8-40(65)56-21-22-57(29(3)26-56)45-33-24-35(51)42(41-34(50)17-14-18-37(41)62)54-46(33)59(48(67)55-45)43-28(2)15-13-16-31(43)25-52-38(63)19-11-9-10-12-20-39(64)53-44(49(5,6)7)47(66)58-27-32(61)23-36(58)30(4)60/h8,13-18,24,29,32,36,44,61-62H,1,9-12,19-23,25-27H2,2-7H3,(H,52,63)(H,53,64)/t29-,32+,36-,44+/m0/s1. The van der Waals surface area contributed by atoms with Gasteiger partial charge in [-0.3, -0.25) is 24.0 Å². The molecule has 0 unspecified atom stereocenters. The Bertz CT molecular complexity index is 2610. The van der Waals surface area contributed by atoms with Crippen molar-refractivity contribution in [1.82, 2.24) is 35.0 Å². The fourth-order valence-electron chi connectivity index (χ4n) is 8.93. The lowest BCUT2D eigenvalue weighted by atomic mass is 9.85. The van der Waals surface area contributed by atoms with Crippen molar-refractivity contribution >= 4 is 46.3 Å². The number of unbranched alkanes of at least 4 members (excludes halogenated alkanes) is 3. The number of aliphatic hydroxyl groups excluding tert-OH is 1. The number of hydrogen-bond donors (Lipinski definition) is 4. The number of aromatic nitrogens is 3. The molecule has 4 heterocycles. The highest BCUT2D eigenvalue weighted by molar-refractivity contribution is 5.94. The predicted octanol–water partition coefficient (Wildman–Crippen LogP) is 5.00. The number of phenols is 1. The van der Waals surface area contributed by atoms with E-state index in [-0.39, 0.29) is 98.4 Å². The average molecular weight is 927 g/mol. The van der Waals surface area contributed by atoms with Crippen molar-refractivity contribution in [3.05, 3.63) is 88.4 Å².